The largest absolute Gasteiger partial charge is 0.363 e. The molecule has 2 aliphatic carbocycles. The maximum atomic E-state index is 12.3. The van der Waals surface area contributed by atoms with Crippen molar-refractivity contribution in [3.63, 3.8) is 0 Å². The normalized spacial score (nSPS) is 25.3. The van der Waals surface area contributed by atoms with E-state index in [0.717, 1.165) is 16.7 Å². The average Bonchev–Trinajstić information content (AvgIpc) is 3.21. The van der Waals surface area contributed by atoms with Gasteiger partial charge in [-0.05, 0) is 48.5 Å². The number of carbonyl (C=O) groups is 1. The SMILES string of the molecule is C=C(c1ccccc1)[C@@]12CC[C@H](OS(=O)(=O)NC(N)=O)C1CC(C)=C2c1ccccc1. The van der Waals surface area contributed by atoms with Crippen LogP contribution in [0, 0.1) is 11.3 Å². The molecule has 3 N–H and O–H groups in total. The highest BCUT2D eigenvalue weighted by Gasteiger charge is 2.57. The number of benzene rings is 2. The van der Waals surface area contributed by atoms with Gasteiger partial charge < -0.3 is 5.73 Å². The van der Waals surface area contributed by atoms with Crippen LogP contribution in [0.15, 0.2) is 72.8 Å². The molecule has 2 aliphatic rings. The van der Waals surface area contributed by atoms with Crippen LogP contribution in [0.1, 0.15) is 37.3 Å². The highest BCUT2D eigenvalue weighted by atomic mass is 32.2. The number of hydrogen-bond acceptors (Lipinski definition) is 4. The number of amides is 2. The number of primary amides is 1. The minimum atomic E-state index is -4.29. The molecular weight excluding hydrogens is 412 g/mol. The number of carbonyl (C=O) groups excluding carboxylic acids is 1. The zero-order valence-corrected chi connectivity index (χ0v) is 18.2. The number of allylic oxidation sites excluding steroid dienone is 3. The third-order valence-corrected chi connectivity index (χ3v) is 7.45. The molecule has 0 heterocycles. The van der Waals surface area contributed by atoms with Crippen molar-refractivity contribution < 1.29 is 17.4 Å². The number of rotatable bonds is 6. The van der Waals surface area contributed by atoms with Gasteiger partial charge >= 0.3 is 16.3 Å². The van der Waals surface area contributed by atoms with E-state index in [4.69, 9.17) is 9.92 Å². The van der Waals surface area contributed by atoms with Crippen LogP contribution in [0.25, 0.3) is 11.1 Å². The molecule has 0 aliphatic heterocycles. The highest BCUT2D eigenvalue weighted by molar-refractivity contribution is 7.85. The number of fused-ring (bicyclic) bond motifs is 1. The third-order valence-electron chi connectivity index (χ3n) is 6.50. The fourth-order valence-corrected chi connectivity index (χ4v) is 6.31. The molecule has 1 saturated carbocycles. The van der Waals surface area contributed by atoms with Gasteiger partial charge in [-0.15, -0.1) is 0 Å². The van der Waals surface area contributed by atoms with Crippen LogP contribution < -0.4 is 10.5 Å². The summed E-state index contributed by atoms with van der Waals surface area (Å²) in [6.07, 6.45) is 1.32. The van der Waals surface area contributed by atoms with Crippen molar-refractivity contribution in [1.29, 1.82) is 0 Å². The third kappa shape index (κ3) is 3.79. The highest BCUT2D eigenvalue weighted by Crippen LogP contribution is 2.66. The summed E-state index contributed by atoms with van der Waals surface area (Å²) in [6.45, 7) is 6.59. The van der Waals surface area contributed by atoms with Crippen LogP contribution in [0.4, 0.5) is 4.79 Å². The molecule has 2 aromatic carbocycles. The molecule has 2 amide bonds. The summed E-state index contributed by atoms with van der Waals surface area (Å²) in [5.74, 6) is -0.125. The van der Waals surface area contributed by atoms with Gasteiger partial charge in [0.2, 0.25) is 0 Å². The second kappa shape index (κ2) is 7.98. The van der Waals surface area contributed by atoms with Crippen molar-refractivity contribution in [3.8, 4) is 0 Å². The maximum absolute atomic E-state index is 12.3. The summed E-state index contributed by atoms with van der Waals surface area (Å²) in [7, 11) is -4.29. The van der Waals surface area contributed by atoms with E-state index >= 15 is 0 Å². The fourth-order valence-electron chi connectivity index (χ4n) is 5.46. The maximum Gasteiger partial charge on any atom is 0.363 e. The molecule has 1 fully saturated rings. The van der Waals surface area contributed by atoms with Gasteiger partial charge in [0, 0.05) is 11.3 Å². The number of urea groups is 1. The monoisotopic (exact) mass is 438 g/mol. The van der Waals surface area contributed by atoms with Gasteiger partial charge in [0.1, 0.15) is 0 Å². The van der Waals surface area contributed by atoms with Crippen molar-refractivity contribution in [3.05, 3.63) is 83.9 Å². The van der Waals surface area contributed by atoms with Crippen molar-refractivity contribution in [2.24, 2.45) is 17.1 Å². The summed E-state index contributed by atoms with van der Waals surface area (Å²) < 4.78 is 31.8. The first-order valence-corrected chi connectivity index (χ1v) is 11.7. The molecule has 0 radical (unpaired) electrons. The first-order valence-electron chi connectivity index (χ1n) is 10.3. The lowest BCUT2D eigenvalue weighted by atomic mass is 9.66. The van der Waals surface area contributed by atoms with Crippen LogP contribution in [-0.2, 0) is 14.5 Å². The second-order valence-electron chi connectivity index (χ2n) is 8.24. The van der Waals surface area contributed by atoms with E-state index in [0.29, 0.717) is 19.3 Å². The second-order valence-corrected chi connectivity index (χ2v) is 9.55. The van der Waals surface area contributed by atoms with Crippen molar-refractivity contribution >= 4 is 27.5 Å². The van der Waals surface area contributed by atoms with E-state index < -0.39 is 27.9 Å². The van der Waals surface area contributed by atoms with Crippen molar-refractivity contribution in [2.45, 2.75) is 32.3 Å². The lowest BCUT2D eigenvalue weighted by Gasteiger charge is -2.37. The Hall–Kier alpha value is -2.90. The van der Waals surface area contributed by atoms with Gasteiger partial charge in [-0.2, -0.15) is 8.42 Å². The Labute approximate surface area is 183 Å². The van der Waals surface area contributed by atoms with E-state index in [1.165, 1.54) is 11.1 Å². The zero-order chi connectivity index (χ0) is 22.2. The fraction of sp³-hybridized carbons (Fsp3) is 0.292. The van der Waals surface area contributed by atoms with E-state index in [1.54, 1.807) is 4.72 Å². The first-order chi connectivity index (χ1) is 14.7. The Morgan fingerprint density at radius 2 is 1.74 bits per heavy atom. The first kappa shape index (κ1) is 21.3. The molecule has 0 saturated heterocycles. The molecule has 2 aromatic rings. The Bertz CT molecular complexity index is 1140. The smallest absolute Gasteiger partial charge is 0.351 e. The number of hydrogen-bond donors (Lipinski definition) is 2. The predicted molar refractivity (Wildman–Crippen MR) is 121 cm³/mol. The van der Waals surface area contributed by atoms with Gasteiger partial charge in [-0.3, -0.25) is 0 Å². The summed E-state index contributed by atoms with van der Waals surface area (Å²) in [5.41, 5.74) is 10.0. The predicted octanol–water partition coefficient (Wildman–Crippen LogP) is 4.27. The molecule has 7 heteroatoms. The molecule has 0 aromatic heterocycles. The van der Waals surface area contributed by atoms with Gasteiger partial charge in [-0.25, -0.2) is 13.7 Å². The molecular formula is C24H26N2O4S. The van der Waals surface area contributed by atoms with Gasteiger partial charge in [0.05, 0.1) is 6.10 Å². The van der Waals surface area contributed by atoms with Crippen LogP contribution >= 0.6 is 0 Å². The molecule has 31 heavy (non-hydrogen) atoms. The lowest BCUT2D eigenvalue weighted by Crippen LogP contribution is -2.39. The zero-order valence-electron chi connectivity index (χ0n) is 17.4. The van der Waals surface area contributed by atoms with Crippen molar-refractivity contribution in [2.75, 3.05) is 0 Å². The summed E-state index contributed by atoms with van der Waals surface area (Å²) in [6, 6.07) is 19.0. The quantitative estimate of drug-likeness (QED) is 0.703. The van der Waals surface area contributed by atoms with E-state index in [9.17, 15) is 13.2 Å². The lowest BCUT2D eigenvalue weighted by molar-refractivity contribution is 0.149. The Morgan fingerprint density at radius 3 is 2.35 bits per heavy atom. The minimum absolute atomic E-state index is 0.125. The van der Waals surface area contributed by atoms with Crippen LogP contribution in [0.2, 0.25) is 0 Å². The molecule has 6 nitrogen and oxygen atoms in total. The Morgan fingerprint density at radius 1 is 1.13 bits per heavy atom. The minimum Gasteiger partial charge on any atom is -0.351 e. The molecule has 1 unspecified atom stereocenters. The number of nitrogens with one attached hydrogen (secondary N) is 1. The Kier molecular flexibility index (Phi) is 5.49. The standard InChI is InChI=1S/C24H26N2O4S/c1-16-15-20-21(30-31(28,29)26-23(25)27)13-14-24(20,17(2)18-9-5-3-6-10-18)22(16)19-11-7-4-8-12-19/h3-12,20-21H,2,13-15H2,1H3,(H3,25,26,27)/t20?,21-,24-/m0/s1. The summed E-state index contributed by atoms with van der Waals surface area (Å²) in [5, 5.41) is 0. The molecule has 3 atom stereocenters. The van der Waals surface area contributed by atoms with Gasteiger partial charge in [0.15, 0.2) is 0 Å². The van der Waals surface area contributed by atoms with E-state index in [-0.39, 0.29) is 5.92 Å². The summed E-state index contributed by atoms with van der Waals surface area (Å²) >= 11 is 0. The van der Waals surface area contributed by atoms with E-state index in [2.05, 4.69) is 25.6 Å². The Balaban J connectivity index is 1.79. The van der Waals surface area contributed by atoms with Gasteiger partial charge in [-0.1, -0.05) is 72.8 Å². The molecule has 162 valence electrons. The molecule has 0 bridgehead atoms. The topological polar surface area (TPSA) is 98.5 Å². The van der Waals surface area contributed by atoms with E-state index in [1.807, 2.05) is 48.5 Å². The van der Waals surface area contributed by atoms with Crippen molar-refractivity contribution in [1.82, 2.24) is 4.72 Å². The molecule has 0 spiro atoms. The van der Waals surface area contributed by atoms with Gasteiger partial charge in [0.25, 0.3) is 0 Å². The molecule has 4 rings (SSSR count). The number of nitrogens with two attached hydrogens (primary N) is 1. The average molecular weight is 439 g/mol. The summed E-state index contributed by atoms with van der Waals surface area (Å²) in [4.78, 5) is 11.1. The van der Waals surface area contributed by atoms with Crippen LogP contribution in [0.3, 0.4) is 0 Å². The van der Waals surface area contributed by atoms with Crippen LogP contribution in [-0.4, -0.2) is 20.6 Å². The van der Waals surface area contributed by atoms with Crippen LogP contribution in [0.5, 0.6) is 0 Å².